The molecule has 0 bridgehead atoms. The summed E-state index contributed by atoms with van der Waals surface area (Å²) in [6.07, 6.45) is 0.310. The van der Waals surface area contributed by atoms with Gasteiger partial charge in [0, 0.05) is 29.3 Å². The molecular formula is C17H23ClN2OS. The first kappa shape index (κ1) is 18.7. The summed E-state index contributed by atoms with van der Waals surface area (Å²) in [5, 5.41) is 5.06. The molecule has 1 aromatic heterocycles. The van der Waals surface area contributed by atoms with Crippen LogP contribution >= 0.6 is 23.7 Å². The summed E-state index contributed by atoms with van der Waals surface area (Å²) in [6, 6.07) is 13.6. The summed E-state index contributed by atoms with van der Waals surface area (Å²) in [7, 11) is 0. The zero-order valence-electron chi connectivity index (χ0n) is 12.9. The van der Waals surface area contributed by atoms with Gasteiger partial charge in [-0.25, -0.2) is 0 Å². The van der Waals surface area contributed by atoms with Crippen molar-refractivity contribution < 1.29 is 4.79 Å². The van der Waals surface area contributed by atoms with Gasteiger partial charge in [0.2, 0.25) is 5.91 Å². The van der Waals surface area contributed by atoms with E-state index in [1.54, 1.807) is 11.3 Å². The number of thiophene rings is 1. The standard InChI is InChI=1S/C17H22N2OS.ClH/c1-17(2,15-9-6-10-21-15)12-19-16(20)11-14(18)13-7-4-3-5-8-13;/h3-10,14H,11-12,18H2,1-2H3,(H,19,20);1H. The van der Waals surface area contributed by atoms with Crippen LogP contribution in [-0.2, 0) is 10.2 Å². The molecule has 3 N–H and O–H groups in total. The third-order valence-corrected chi connectivity index (χ3v) is 4.78. The Balaban J connectivity index is 0.00000242. The highest BCUT2D eigenvalue weighted by Gasteiger charge is 2.22. The molecule has 1 amide bonds. The van der Waals surface area contributed by atoms with E-state index in [9.17, 15) is 4.79 Å². The molecule has 0 spiro atoms. The van der Waals surface area contributed by atoms with Gasteiger partial charge in [-0.2, -0.15) is 0 Å². The summed E-state index contributed by atoms with van der Waals surface area (Å²) in [5.74, 6) is -0.00372. The van der Waals surface area contributed by atoms with Crippen LogP contribution in [-0.4, -0.2) is 12.5 Å². The molecule has 2 aromatic rings. The van der Waals surface area contributed by atoms with Crippen molar-refractivity contribution in [2.75, 3.05) is 6.54 Å². The molecule has 3 nitrogen and oxygen atoms in total. The molecule has 0 aliphatic carbocycles. The molecule has 0 fully saturated rings. The van der Waals surface area contributed by atoms with Gasteiger partial charge >= 0.3 is 0 Å². The second kappa shape index (κ2) is 8.32. The van der Waals surface area contributed by atoms with Crippen molar-refractivity contribution in [3.8, 4) is 0 Å². The molecule has 1 unspecified atom stereocenters. The maximum absolute atomic E-state index is 12.1. The topological polar surface area (TPSA) is 55.1 Å². The van der Waals surface area contributed by atoms with Gasteiger partial charge in [0.25, 0.3) is 0 Å². The number of amides is 1. The fraction of sp³-hybridized carbons (Fsp3) is 0.353. The van der Waals surface area contributed by atoms with Gasteiger partial charge in [-0.15, -0.1) is 23.7 Å². The first-order valence-corrected chi connectivity index (χ1v) is 7.98. The number of nitrogens with two attached hydrogens (primary N) is 1. The second-order valence-electron chi connectivity index (χ2n) is 5.86. The maximum Gasteiger partial charge on any atom is 0.221 e. The minimum absolute atomic E-state index is 0. The van der Waals surface area contributed by atoms with Gasteiger partial charge in [0.1, 0.15) is 0 Å². The average molecular weight is 339 g/mol. The van der Waals surface area contributed by atoms with E-state index < -0.39 is 0 Å². The molecule has 0 saturated heterocycles. The van der Waals surface area contributed by atoms with Crippen molar-refractivity contribution in [1.82, 2.24) is 5.32 Å². The molecule has 0 aliphatic heterocycles. The van der Waals surface area contributed by atoms with Crippen molar-refractivity contribution in [1.29, 1.82) is 0 Å². The van der Waals surface area contributed by atoms with E-state index in [1.807, 2.05) is 36.4 Å². The number of hydrogen-bond donors (Lipinski definition) is 2. The summed E-state index contributed by atoms with van der Waals surface area (Å²) < 4.78 is 0. The van der Waals surface area contributed by atoms with Crippen LogP contribution in [0.4, 0.5) is 0 Å². The van der Waals surface area contributed by atoms with Crippen LogP contribution in [0.2, 0.25) is 0 Å². The van der Waals surface area contributed by atoms with E-state index in [2.05, 4.69) is 30.6 Å². The van der Waals surface area contributed by atoms with E-state index in [4.69, 9.17) is 5.73 Å². The number of rotatable bonds is 6. The van der Waals surface area contributed by atoms with E-state index in [-0.39, 0.29) is 29.8 Å². The Kier molecular flexibility index (Phi) is 7.07. The van der Waals surface area contributed by atoms with Crippen LogP contribution < -0.4 is 11.1 Å². The zero-order valence-corrected chi connectivity index (χ0v) is 14.5. The van der Waals surface area contributed by atoms with E-state index >= 15 is 0 Å². The predicted molar refractivity (Wildman–Crippen MR) is 95.6 cm³/mol. The summed E-state index contributed by atoms with van der Waals surface area (Å²) in [4.78, 5) is 13.3. The lowest BCUT2D eigenvalue weighted by atomic mass is 9.91. The number of hydrogen-bond acceptors (Lipinski definition) is 3. The van der Waals surface area contributed by atoms with E-state index in [0.717, 1.165) is 5.56 Å². The average Bonchev–Trinajstić information content (AvgIpc) is 3.01. The predicted octanol–water partition coefficient (Wildman–Crippen LogP) is 3.65. The smallest absolute Gasteiger partial charge is 0.221 e. The molecule has 5 heteroatoms. The molecule has 1 atom stereocenters. The van der Waals surface area contributed by atoms with Crippen LogP contribution in [0.5, 0.6) is 0 Å². The lowest BCUT2D eigenvalue weighted by Gasteiger charge is -2.24. The third kappa shape index (κ3) is 5.13. The summed E-state index contributed by atoms with van der Waals surface area (Å²) in [6.45, 7) is 4.89. The largest absolute Gasteiger partial charge is 0.355 e. The van der Waals surface area contributed by atoms with Gasteiger partial charge in [-0.05, 0) is 17.0 Å². The van der Waals surface area contributed by atoms with Crippen molar-refractivity contribution in [3.05, 3.63) is 58.3 Å². The zero-order chi connectivity index (χ0) is 15.3. The molecule has 120 valence electrons. The quantitative estimate of drug-likeness (QED) is 0.844. The minimum atomic E-state index is -0.254. The number of benzene rings is 1. The van der Waals surface area contributed by atoms with Gasteiger partial charge in [-0.1, -0.05) is 50.2 Å². The van der Waals surface area contributed by atoms with E-state index in [0.29, 0.717) is 13.0 Å². The van der Waals surface area contributed by atoms with Gasteiger partial charge in [0.05, 0.1) is 0 Å². The fourth-order valence-corrected chi connectivity index (χ4v) is 3.01. The van der Waals surface area contributed by atoms with Crippen molar-refractivity contribution in [2.45, 2.75) is 31.7 Å². The Morgan fingerprint density at radius 3 is 2.50 bits per heavy atom. The van der Waals surface area contributed by atoms with Crippen molar-refractivity contribution >= 4 is 29.7 Å². The van der Waals surface area contributed by atoms with E-state index in [1.165, 1.54) is 4.88 Å². The molecule has 22 heavy (non-hydrogen) atoms. The second-order valence-corrected chi connectivity index (χ2v) is 6.81. The highest BCUT2D eigenvalue weighted by atomic mass is 35.5. The minimum Gasteiger partial charge on any atom is -0.355 e. The fourth-order valence-electron chi connectivity index (χ4n) is 2.16. The molecule has 1 aromatic carbocycles. The van der Waals surface area contributed by atoms with Crippen molar-refractivity contribution in [3.63, 3.8) is 0 Å². The Bertz CT molecular complexity index is 570. The Morgan fingerprint density at radius 1 is 1.23 bits per heavy atom. The van der Waals surface area contributed by atoms with Crippen molar-refractivity contribution in [2.24, 2.45) is 5.73 Å². The van der Waals surface area contributed by atoms with Gasteiger partial charge < -0.3 is 11.1 Å². The van der Waals surface area contributed by atoms with Gasteiger partial charge in [-0.3, -0.25) is 4.79 Å². The Hall–Kier alpha value is -1.36. The number of carbonyl (C=O) groups is 1. The normalized spacial score (nSPS) is 12.3. The molecule has 2 rings (SSSR count). The van der Waals surface area contributed by atoms with Crippen LogP contribution in [0, 0.1) is 0 Å². The van der Waals surface area contributed by atoms with Crippen LogP contribution in [0.1, 0.15) is 36.8 Å². The molecular weight excluding hydrogens is 316 g/mol. The molecule has 0 saturated carbocycles. The third-order valence-electron chi connectivity index (χ3n) is 3.55. The SMILES string of the molecule is CC(C)(CNC(=O)CC(N)c1ccccc1)c1cccs1.Cl. The van der Waals surface area contributed by atoms with Crippen LogP contribution in [0.3, 0.4) is 0 Å². The van der Waals surface area contributed by atoms with Crippen LogP contribution in [0.15, 0.2) is 47.8 Å². The van der Waals surface area contributed by atoms with Crippen LogP contribution in [0.25, 0.3) is 0 Å². The first-order chi connectivity index (χ1) is 9.99. The lowest BCUT2D eigenvalue weighted by Crippen LogP contribution is -2.37. The molecule has 1 heterocycles. The Labute approximate surface area is 142 Å². The molecule has 0 aliphatic rings. The highest BCUT2D eigenvalue weighted by Crippen LogP contribution is 2.26. The summed E-state index contributed by atoms with van der Waals surface area (Å²) in [5.41, 5.74) is 7.01. The van der Waals surface area contributed by atoms with Gasteiger partial charge in [0.15, 0.2) is 0 Å². The molecule has 0 radical (unpaired) electrons. The number of nitrogens with one attached hydrogen (secondary N) is 1. The first-order valence-electron chi connectivity index (χ1n) is 7.10. The Morgan fingerprint density at radius 2 is 1.91 bits per heavy atom. The summed E-state index contributed by atoms with van der Waals surface area (Å²) >= 11 is 1.72. The highest BCUT2D eigenvalue weighted by molar-refractivity contribution is 7.10. The number of halogens is 1. The maximum atomic E-state index is 12.1. The number of carbonyl (C=O) groups excluding carboxylic acids is 1. The monoisotopic (exact) mass is 338 g/mol. The lowest BCUT2D eigenvalue weighted by molar-refractivity contribution is -0.121.